The summed E-state index contributed by atoms with van der Waals surface area (Å²) in [5.74, 6) is 0.499. The van der Waals surface area contributed by atoms with E-state index in [1.54, 1.807) is 29.1 Å². The molecule has 1 saturated heterocycles. The average molecular weight is 430 g/mol. The fraction of sp³-hybridized carbons (Fsp3) is 0.300. The van der Waals surface area contributed by atoms with E-state index in [4.69, 9.17) is 11.6 Å². The molecule has 0 saturated carbocycles. The van der Waals surface area contributed by atoms with Gasteiger partial charge in [0.05, 0.1) is 24.0 Å². The quantitative estimate of drug-likeness (QED) is 0.533. The van der Waals surface area contributed by atoms with Crippen LogP contribution in [0.15, 0.2) is 36.9 Å². The number of aryl methyl sites for hydroxylation is 1. The first-order valence-corrected chi connectivity index (χ1v) is 9.92. The second-order valence-electron chi connectivity index (χ2n) is 7.46. The van der Waals surface area contributed by atoms with Gasteiger partial charge in [-0.05, 0) is 25.0 Å². The molecular formula is C20H18ClF2N7. The summed E-state index contributed by atoms with van der Waals surface area (Å²) in [4.78, 5) is 15.1. The number of alkyl halides is 1. The lowest BCUT2D eigenvalue weighted by atomic mass is 9.90. The van der Waals surface area contributed by atoms with Crippen LogP contribution in [0.3, 0.4) is 0 Å². The number of aromatic amines is 1. The molecular weight excluding hydrogens is 412 g/mol. The van der Waals surface area contributed by atoms with E-state index in [-0.39, 0.29) is 17.5 Å². The molecule has 30 heavy (non-hydrogen) atoms. The zero-order valence-electron chi connectivity index (χ0n) is 16.1. The highest BCUT2D eigenvalue weighted by atomic mass is 35.5. The summed E-state index contributed by atoms with van der Waals surface area (Å²) in [6.45, 7) is 2.82. The van der Waals surface area contributed by atoms with Crippen LogP contribution in [-0.2, 0) is 0 Å². The molecule has 0 amide bonds. The molecule has 10 heteroatoms. The third-order valence-electron chi connectivity index (χ3n) is 5.45. The van der Waals surface area contributed by atoms with Crippen molar-refractivity contribution in [2.45, 2.75) is 25.4 Å². The Kier molecular flexibility index (Phi) is 4.62. The summed E-state index contributed by atoms with van der Waals surface area (Å²) in [7, 11) is 0. The Labute approximate surface area is 175 Å². The predicted molar refractivity (Wildman–Crippen MR) is 109 cm³/mol. The molecule has 154 valence electrons. The van der Waals surface area contributed by atoms with Gasteiger partial charge in [-0.25, -0.2) is 23.7 Å². The highest BCUT2D eigenvalue weighted by molar-refractivity contribution is 6.30. The maximum atomic E-state index is 14.6. The lowest BCUT2D eigenvalue weighted by molar-refractivity contribution is 0.267. The molecule has 0 spiro atoms. The smallest absolute Gasteiger partial charge is 0.180 e. The maximum absolute atomic E-state index is 14.6. The zero-order chi connectivity index (χ0) is 20.8. The molecule has 7 nitrogen and oxygen atoms in total. The van der Waals surface area contributed by atoms with Crippen LogP contribution >= 0.6 is 11.6 Å². The average Bonchev–Trinajstić information content (AvgIpc) is 3.34. The van der Waals surface area contributed by atoms with E-state index in [0.29, 0.717) is 35.9 Å². The molecule has 1 fully saturated rings. The van der Waals surface area contributed by atoms with Gasteiger partial charge in [-0.1, -0.05) is 11.6 Å². The summed E-state index contributed by atoms with van der Waals surface area (Å²) in [6.07, 6.45) is 5.88. The van der Waals surface area contributed by atoms with Crippen molar-refractivity contribution < 1.29 is 8.78 Å². The zero-order valence-corrected chi connectivity index (χ0v) is 16.8. The van der Waals surface area contributed by atoms with Crippen molar-refractivity contribution in [1.29, 1.82) is 0 Å². The molecule has 2 unspecified atom stereocenters. The molecule has 1 aliphatic rings. The highest BCUT2D eigenvalue weighted by Gasteiger charge is 2.30. The largest absolute Gasteiger partial charge is 0.353 e. The minimum atomic E-state index is -0.978. The van der Waals surface area contributed by atoms with Crippen LogP contribution in [0.4, 0.5) is 14.6 Å². The van der Waals surface area contributed by atoms with Gasteiger partial charge in [0.15, 0.2) is 5.82 Å². The number of nitrogens with one attached hydrogen (secondary N) is 1. The summed E-state index contributed by atoms with van der Waals surface area (Å²) < 4.78 is 29.9. The van der Waals surface area contributed by atoms with E-state index in [2.05, 4.69) is 25.1 Å². The van der Waals surface area contributed by atoms with Crippen molar-refractivity contribution >= 4 is 23.1 Å². The minimum Gasteiger partial charge on any atom is -0.353 e. The molecule has 0 radical (unpaired) electrons. The fourth-order valence-corrected chi connectivity index (χ4v) is 4.16. The third kappa shape index (κ3) is 3.28. The molecule has 2 atom stereocenters. The van der Waals surface area contributed by atoms with E-state index in [1.165, 1.54) is 12.3 Å². The lowest BCUT2D eigenvalue weighted by Gasteiger charge is -2.35. The van der Waals surface area contributed by atoms with Crippen LogP contribution in [-0.4, -0.2) is 48.8 Å². The number of pyridine rings is 1. The SMILES string of the molecule is Cc1[nH]ncc1C1CC(F)CN(c2ccnc(-c3cnc4cc(F)c(Cl)cn34)n2)C1. The number of rotatable bonds is 3. The molecule has 0 bridgehead atoms. The van der Waals surface area contributed by atoms with Gasteiger partial charge in [-0.2, -0.15) is 5.10 Å². The van der Waals surface area contributed by atoms with Crippen LogP contribution in [0.25, 0.3) is 17.2 Å². The molecule has 0 aromatic carbocycles. The van der Waals surface area contributed by atoms with E-state index < -0.39 is 12.0 Å². The van der Waals surface area contributed by atoms with E-state index in [9.17, 15) is 8.78 Å². The summed E-state index contributed by atoms with van der Waals surface area (Å²) in [5.41, 5.74) is 2.95. The first-order chi connectivity index (χ1) is 14.5. The normalized spacial score (nSPS) is 19.5. The second kappa shape index (κ2) is 7.32. The van der Waals surface area contributed by atoms with E-state index >= 15 is 0 Å². The van der Waals surface area contributed by atoms with Gasteiger partial charge in [0.2, 0.25) is 0 Å². The van der Waals surface area contributed by atoms with Gasteiger partial charge in [0, 0.05) is 36.6 Å². The fourth-order valence-electron chi connectivity index (χ4n) is 4.01. The van der Waals surface area contributed by atoms with Crippen molar-refractivity contribution in [1.82, 2.24) is 29.5 Å². The first-order valence-electron chi connectivity index (χ1n) is 9.54. The molecule has 4 aromatic rings. The van der Waals surface area contributed by atoms with Crippen molar-refractivity contribution in [2.24, 2.45) is 0 Å². The number of H-pyrrole nitrogens is 1. The number of nitrogens with zero attached hydrogens (tertiary/aromatic N) is 6. The Morgan fingerprint density at radius 1 is 1.23 bits per heavy atom. The number of hydrogen-bond donors (Lipinski definition) is 1. The Bertz CT molecular complexity index is 1220. The summed E-state index contributed by atoms with van der Waals surface area (Å²) in [5, 5.41) is 6.97. The second-order valence-corrected chi connectivity index (χ2v) is 7.87. The molecule has 0 aliphatic carbocycles. The third-order valence-corrected chi connectivity index (χ3v) is 5.73. The maximum Gasteiger partial charge on any atom is 0.180 e. The van der Waals surface area contributed by atoms with Gasteiger partial charge in [0.1, 0.15) is 29.1 Å². The Balaban J connectivity index is 1.49. The lowest BCUT2D eigenvalue weighted by Crippen LogP contribution is -2.41. The molecule has 1 aliphatic heterocycles. The van der Waals surface area contributed by atoms with Crippen LogP contribution in [0.5, 0.6) is 0 Å². The van der Waals surface area contributed by atoms with Crippen LogP contribution in [0.2, 0.25) is 5.02 Å². The molecule has 5 heterocycles. The number of fused-ring (bicyclic) bond motifs is 1. The number of anilines is 1. The minimum absolute atomic E-state index is 0.0171. The monoisotopic (exact) mass is 429 g/mol. The topological polar surface area (TPSA) is 75.0 Å². The van der Waals surface area contributed by atoms with E-state index in [0.717, 1.165) is 11.3 Å². The number of aromatic nitrogens is 6. The van der Waals surface area contributed by atoms with Gasteiger partial charge >= 0.3 is 0 Å². The van der Waals surface area contributed by atoms with Crippen molar-refractivity contribution in [2.75, 3.05) is 18.0 Å². The first kappa shape index (κ1) is 18.9. The summed E-state index contributed by atoms with van der Waals surface area (Å²) >= 11 is 5.93. The van der Waals surface area contributed by atoms with Gasteiger partial charge in [0.25, 0.3) is 0 Å². The van der Waals surface area contributed by atoms with Gasteiger partial charge < -0.3 is 4.90 Å². The van der Waals surface area contributed by atoms with Crippen molar-refractivity contribution in [3.8, 4) is 11.5 Å². The Morgan fingerprint density at radius 3 is 2.90 bits per heavy atom. The van der Waals surface area contributed by atoms with Crippen LogP contribution in [0, 0.1) is 12.7 Å². The number of piperidine rings is 1. The Morgan fingerprint density at radius 2 is 2.10 bits per heavy atom. The van der Waals surface area contributed by atoms with Crippen LogP contribution in [0.1, 0.15) is 23.6 Å². The summed E-state index contributed by atoms with van der Waals surface area (Å²) in [6, 6.07) is 3.02. The number of hydrogen-bond acceptors (Lipinski definition) is 5. The van der Waals surface area contributed by atoms with Gasteiger partial charge in [-0.15, -0.1) is 0 Å². The standard InChI is InChI=1S/C20H18ClF2N7/c1-11-14(6-26-28-11)12-4-13(22)9-29(8-12)18-2-3-24-20(27-18)17-7-25-19-5-16(23)15(21)10-30(17)19/h2-3,5-7,10,12-13H,4,8-9H2,1H3,(H,26,28). The molecule has 1 N–H and O–H groups in total. The molecule has 5 rings (SSSR count). The Hall–Kier alpha value is -3.07. The van der Waals surface area contributed by atoms with E-state index in [1.807, 2.05) is 11.8 Å². The van der Waals surface area contributed by atoms with Crippen LogP contribution < -0.4 is 4.90 Å². The number of imidazole rings is 1. The van der Waals surface area contributed by atoms with Crippen molar-refractivity contribution in [3.63, 3.8) is 0 Å². The number of halogens is 3. The predicted octanol–water partition coefficient (Wildman–Crippen LogP) is 3.95. The van der Waals surface area contributed by atoms with Gasteiger partial charge in [-0.3, -0.25) is 9.50 Å². The highest BCUT2D eigenvalue weighted by Crippen LogP contribution is 2.32. The van der Waals surface area contributed by atoms with Crippen molar-refractivity contribution in [3.05, 3.63) is 59.0 Å². The molecule has 4 aromatic heterocycles.